The van der Waals surface area contributed by atoms with E-state index < -0.39 is 11.9 Å². The number of pyridine rings is 1. The van der Waals surface area contributed by atoms with Crippen molar-refractivity contribution >= 4 is 11.9 Å². The molecule has 0 spiro atoms. The van der Waals surface area contributed by atoms with Crippen LogP contribution in [0.1, 0.15) is 84.5 Å². The highest BCUT2D eigenvalue weighted by Crippen LogP contribution is 2.18. The third-order valence-electron chi connectivity index (χ3n) is 5.57. The molecule has 0 fully saturated rings. The van der Waals surface area contributed by atoms with E-state index in [1.165, 1.54) is 48.9 Å². The van der Waals surface area contributed by atoms with E-state index in [0.717, 1.165) is 25.7 Å². The summed E-state index contributed by atoms with van der Waals surface area (Å²) in [5, 5.41) is 0. The molecule has 1 aromatic heterocycles. The molecule has 0 unspecified atom stereocenters. The van der Waals surface area contributed by atoms with Crippen LogP contribution in [0.15, 0.2) is 66.7 Å². The monoisotopic (exact) mass is 459 g/mol. The molecular weight excluding hydrogens is 426 g/mol. The summed E-state index contributed by atoms with van der Waals surface area (Å²) in [7, 11) is 0. The first-order valence-electron chi connectivity index (χ1n) is 12.2. The van der Waals surface area contributed by atoms with Gasteiger partial charge in [-0.25, -0.2) is 14.6 Å². The van der Waals surface area contributed by atoms with Gasteiger partial charge in [-0.15, -0.1) is 0 Å². The predicted molar refractivity (Wildman–Crippen MR) is 133 cm³/mol. The third-order valence-corrected chi connectivity index (χ3v) is 5.57. The Morgan fingerprint density at radius 1 is 0.618 bits per heavy atom. The summed E-state index contributed by atoms with van der Waals surface area (Å²) in [5.41, 5.74) is 2.52. The largest absolute Gasteiger partial charge is 0.422 e. The quantitative estimate of drug-likeness (QED) is 0.166. The molecule has 2 aromatic carbocycles. The predicted octanol–water partition coefficient (Wildman–Crippen LogP) is 6.99. The molecule has 0 aliphatic heterocycles. The highest BCUT2D eigenvalue weighted by atomic mass is 16.5. The van der Waals surface area contributed by atoms with Crippen LogP contribution in [0.3, 0.4) is 0 Å². The van der Waals surface area contributed by atoms with Crippen LogP contribution in [0.5, 0.6) is 11.5 Å². The minimum Gasteiger partial charge on any atom is -0.422 e. The maximum absolute atomic E-state index is 12.6. The van der Waals surface area contributed by atoms with Crippen molar-refractivity contribution in [3.8, 4) is 11.5 Å². The Kier molecular flexibility index (Phi) is 9.83. The highest BCUT2D eigenvalue weighted by Gasteiger charge is 2.16. The Balaban J connectivity index is 1.57. The van der Waals surface area contributed by atoms with Gasteiger partial charge in [0.15, 0.2) is 0 Å². The van der Waals surface area contributed by atoms with Gasteiger partial charge in [-0.05, 0) is 73.2 Å². The van der Waals surface area contributed by atoms with Crippen LogP contribution in [0, 0.1) is 0 Å². The normalized spacial score (nSPS) is 10.6. The summed E-state index contributed by atoms with van der Waals surface area (Å²) in [6, 6.07) is 19.6. The maximum Gasteiger partial charge on any atom is 0.362 e. The summed E-state index contributed by atoms with van der Waals surface area (Å²) in [6.07, 6.45) is 9.07. The van der Waals surface area contributed by atoms with E-state index in [0.29, 0.717) is 11.5 Å². The van der Waals surface area contributed by atoms with Gasteiger partial charge in [0.2, 0.25) is 0 Å². The molecule has 1 heterocycles. The fourth-order valence-corrected chi connectivity index (χ4v) is 3.59. The van der Waals surface area contributed by atoms with Gasteiger partial charge in [-0.2, -0.15) is 0 Å². The third kappa shape index (κ3) is 7.84. The van der Waals surface area contributed by atoms with Crippen molar-refractivity contribution in [2.45, 2.75) is 65.2 Å². The van der Waals surface area contributed by atoms with E-state index in [9.17, 15) is 9.59 Å². The zero-order valence-electron chi connectivity index (χ0n) is 20.1. The second kappa shape index (κ2) is 13.3. The van der Waals surface area contributed by atoms with Gasteiger partial charge in [0, 0.05) is 0 Å². The van der Waals surface area contributed by atoms with Crippen LogP contribution in [-0.2, 0) is 12.8 Å². The zero-order valence-corrected chi connectivity index (χ0v) is 20.1. The summed E-state index contributed by atoms with van der Waals surface area (Å²) in [6.45, 7) is 4.36. The summed E-state index contributed by atoms with van der Waals surface area (Å²) in [5.74, 6) is -0.356. The van der Waals surface area contributed by atoms with Crippen LogP contribution in [0.4, 0.5) is 0 Å². The van der Waals surface area contributed by atoms with Crippen LogP contribution in [0.2, 0.25) is 0 Å². The molecule has 34 heavy (non-hydrogen) atoms. The number of hydrogen-bond acceptors (Lipinski definition) is 5. The number of aromatic nitrogens is 1. The lowest BCUT2D eigenvalue weighted by molar-refractivity contribution is 0.0722. The molecule has 3 aromatic rings. The molecule has 3 rings (SSSR count). The van der Waals surface area contributed by atoms with Gasteiger partial charge in [0.1, 0.15) is 22.9 Å². The maximum atomic E-state index is 12.6. The number of unbranched alkanes of at least 4 members (excludes halogenated alkanes) is 4. The Hall–Kier alpha value is -3.47. The van der Waals surface area contributed by atoms with Crippen molar-refractivity contribution in [2.24, 2.45) is 0 Å². The van der Waals surface area contributed by atoms with Gasteiger partial charge in [-0.3, -0.25) is 0 Å². The highest BCUT2D eigenvalue weighted by molar-refractivity contribution is 5.93. The minimum atomic E-state index is -0.621. The number of carbonyl (C=O) groups excluding carboxylic acids is 2. The van der Waals surface area contributed by atoms with Crippen LogP contribution in [0.25, 0.3) is 0 Å². The second-order valence-electron chi connectivity index (χ2n) is 8.39. The number of ether oxygens (including phenoxy) is 2. The number of esters is 2. The Morgan fingerprint density at radius 3 is 1.41 bits per heavy atom. The molecular formula is C29H33NO4. The number of aryl methyl sites for hydroxylation is 2. The Morgan fingerprint density at radius 2 is 1.03 bits per heavy atom. The SMILES string of the molecule is CCCCCc1ccc(OC(=O)c2cccc(C(=O)Oc3ccc(CCCCC)cc3)n2)cc1. The van der Waals surface area contributed by atoms with Crippen molar-refractivity contribution in [1.82, 2.24) is 4.98 Å². The summed E-state index contributed by atoms with van der Waals surface area (Å²) < 4.78 is 10.9. The molecule has 5 heteroatoms. The molecule has 0 amide bonds. The number of carbonyl (C=O) groups is 2. The van der Waals surface area contributed by atoms with Crippen molar-refractivity contribution < 1.29 is 19.1 Å². The van der Waals surface area contributed by atoms with Crippen LogP contribution >= 0.6 is 0 Å². The van der Waals surface area contributed by atoms with Gasteiger partial charge >= 0.3 is 11.9 Å². The average molecular weight is 460 g/mol. The molecule has 0 N–H and O–H groups in total. The van der Waals surface area contributed by atoms with Gasteiger partial charge in [0.05, 0.1) is 0 Å². The number of benzene rings is 2. The smallest absolute Gasteiger partial charge is 0.362 e. The van der Waals surface area contributed by atoms with Crippen molar-refractivity contribution in [1.29, 1.82) is 0 Å². The molecule has 0 bridgehead atoms. The molecule has 0 aliphatic rings. The van der Waals surface area contributed by atoms with E-state index in [1.807, 2.05) is 24.3 Å². The first-order chi connectivity index (χ1) is 16.6. The first-order valence-corrected chi connectivity index (χ1v) is 12.2. The Labute approximate surface area is 202 Å². The second-order valence-corrected chi connectivity index (χ2v) is 8.39. The van der Waals surface area contributed by atoms with E-state index in [4.69, 9.17) is 9.47 Å². The lowest BCUT2D eigenvalue weighted by atomic mass is 10.1. The van der Waals surface area contributed by atoms with E-state index in [-0.39, 0.29) is 11.4 Å². The molecule has 0 aliphatic carbocycles. The molecule has 0 saturated carbocycles. The Bertz CT molecular complexity index is 975. The standard InChI is InChI=1S/C29H33NO4/c1-3-5-7-10-22-14-18-24(19-15-22)33-28(31)26-12-9-13-27(30-26)29(32)34-25-20-16-23(17-21-25)11-8-6-4-2/h9,12-21H,3-8,10-11H2,1-2H3. The van der Waals surface area contributed by atoms with Crippen molar-refractivity contribution in [2.75, 3.05) is 0 Å². The van der Waals surface area contributed by atoms with Gasteiger partial charge < -0.3 is 9.47 Å². The molecule has 0 saturated heterocycles. The average Bonchev–Trinajstić information content (AvgIpc) is 2.86. The van der Waals surface area contributed by atoms with Crippen molar-refractivity contribution in [3.05, 3.63) is 89.2 Å². The molecule has 0 radical (unpaired) electrons. The fraction of sp³-hybridized carbons (Fsp3) is 0.345. The van der Waals surface area contributed by atoms with Gasteiger partial charge in [0.25, 0.3) is 0 Å². The lowest BCUT2D eigenvalue weighted by Crippen LogP contribution is -2.15. The zero-order chi connectivity index (χ0) is 24.2. The molecule has 0 atom stereocenters. The number of nitrogens with zero attached hydrogens (tertiary/aromatic N) is 1. The summed E-state index contributed by atoms with van der Waals surface area (Å²) in [4.78, 5) is 29.3. The van der Waals surface area contributed by atoms with E-state index >= 15 is 0 Å². The lowest BCUT2D eigenvalue weighted by Gasteiger charge is -2.08. The van der Waals surface area contributed by atoms with Gasteiger partial charge in [-0.1, -0.05) is 69.9 Å². The first kappa shape index (κ1) is 25.2. The fourth-order valence-electron chi connectivity index (χ4n) is 3.59. The van der Waals surface area contributed by atoms with E-state index in [2.05, 4.69) is 18.8 Å². The van der Waals surface area contributed by atoms with Crippen LogP contribution in [-0.4, -0.2) is 16.9 Å². The minimum absolute atomic E-state index is 0.0488. The molecule has 5 nitrogen and oxygen atoms in total. The van der Waals surface area contributed by atoms with E-state index in [1.54, 1.807) is 30.3 Å². The van der Waals surface area contributed by atoms with Crippen molar-refractivity contribution in [3.63, 3.8) is 0 Å². The molecule has 178 valence electrons. The van der Waals surface area contributed by atoms with Crippen LogP contribution < -0.4 is 9.47 Å². The number of rotatable bonds is 12. The number of hydrogen-bond donors (Lipinski definition) is 0. The summed E-state index contributed by atoms with van der Waals surface area (Å²) >= 11 is 0. The topological polar surface area (TPSA) is 65.5 Å².